The molecule has 1 aliphatic rings. The standard InChI is InChI=1S/C19H19F3N2O2/c1-26-16-3-2-10-24(12-16)18(25)14-6-4-13(5-7-14)15-8-9-17(23-11-15)19(20,21)22/h4-9,11,16H,2-3,10,12H2,1H3/t16-/m1/s1. The number of amides is 1. The molecular formula is C19H19F3N2O2. The zero-order valence-electron chi connectivity index (χ0n) is 14.3. The smallest absolute Gasteiger partial charge is 0.380 e. The molecule has 0 N–H and O–H groups in total. The number of likely N-dealkylation sites (tertiary alicyclic amines) is 1. The van der Waals surface area contributed by atoms with E-state index in [9.17, 15) is 18.0 Å². The first-order chi connectivity index (χ1) is 12.4. The summed E-state index contributed by atoms with van der Waals surface area (Å²) < 4.78 is 43.1. The number of carbonyl (C=O) groups is 1. The van der Waals surface area contributed by atoms with Crippen molar-refractivity contribution in [3.8, 4) is 11.1 Å². The van der Waals surface area contributed by atoms with Crippen LogP contribution >= 0.6 is 0 Å². The molecule has 138 valence electrons. The molecule has 1 atom stereocenters. The van der Waals surface area contributed by atoms with E-state index in [4.69, 9.17) is 4.74 Å². The molecule has 1 aromatic carbocycles. The number of aromatic nitrogens is 1. The SMILES string of the molecule is CO[C@@H]1CCCN(C(=O)c2ccc(-c3ccc(C(F)(F)F)nc3)cc2)C1. The average molecular weight is 364 g/mol. The zero-order valence-corrected chi connectivity index (χ0v) is 14.3. The Bertz CT molecular complexity index is 758. The van der Waals surface area contributed by atoms with E-state index < -0.39 is 11.9 Å². The molecule has 7 heteroatoms. The van der Waals surface area contributed by atoms with Crippen LogP contribution in [0.5, 0.6) is 0 Å². The number of piperidine rings is 1. The highest BCUT2D eigenvalue weighted by Crippen LogP contribution is 2.29. The summed E-state index contributed by atoms with van der Waals surface area (Å²) in [5.41, 5.74) is 0.891. The fourth-order valence-electron chi connectivity index (χ4n) is 3.04. The first-order valence-corrected chi connectivity index (χ1v) is 8.34. The number of benzene rings is 1. The Balaban J connectivity index is 1.73. The Labute approximate surface area is 149 Å². The summed E-state index contributed by atoms with van der Waals surface area (Å²) in [5.74, 6) is -0.0659. The van der Waals surface area contributed by atoms with Crippen molar-refractivity contribution in [2.75, 3.05) is 20.2 Å². The van der Waals surface area contributed by atoms with Crippen LogP contribution < -0.4 is 0 Å². The molecular weight excluding hydrogens is 345 g/mol. The average Bonchev–Trinajstić information content (AvgIpc) is 2.67. The highest BCUT2D eigenvalue weighted by Gasteiger charge is 2.32. The van der Waals surface area contributed by atoms with Crippen LogP contribution in [0.4, 0.5) is 13.2 Å². The lowest BCUT2D eigenvalue weighted by atomic mass is 10.0. The second-order valence-corrected chi connectivity index (χ2v) is 6.26. The summed E-state index contributed by atoms with van der Waals surface area (Å²) in [5, 5.41) is 0. The molecule has 1 aromatic heterocycles. The van der Waals surface area contributed by atoms with Gasteiger partial charge in [0.1, 0.15) is 5.69 Å². The molecule has 1 saturated heterocycles. The van der Waals surface area contributed by atoms with Gasteiger partial charge in [-0.1, -0.05) is 18.2 Å². The lowest BCUT2D eigenvalue weighted by Crippen LogP contribution is -2.42. The molecule has 0 radical (unpaired) electrons. The van der Waals surface area contributed by atoms with E-state index in [1.807, 2.05) is 0 Å². The molecule has 1 amide bonds. The fourth-order valence-corrected chi connectivity index (χ4v) is 3.04. The summed E-state index contributed by atoms with van der Waals surface area (Å²) in [4.78, 5) is 17.8. The number of ether oxygens (including phenoxy) is 1. The molecule has 1 fully saturated rings. The van der Waals surface area contributed by atoms with Crippen LogP contribution in [0, 0.1) is 0 Å². The van der Waals surface area contributed by atoms with E-state index in [2.05, 4.69) is 4.98 Å². The van der Waals surface area contributed by atoms with E-state index in [1.54, 1.807) is 36.3 Å². The van der Waals surface area contributed by atoms with Crippen LogP contribution in [0.15, 0.2) is 42.6 Å². The van der Waals surface area contributed by atoms with Gasteiger partial charge in [-0.15, -0.1) is 0 Å². The van der Waals surface area contributed by atoms with Gasteiger partial charge >= 0.3 is 6.18 Å². The number of pyridine rings is 1. The number of halogens is 3. The van der Waals surface area contributed by atoms with Crippen molar-refractivity contribution >= 4 is 5.91 Å². The van der Waals surface area contributed by atoms with Gasteiger partial charge in [-0.3, -0.25) is 9.78 Å². The first kappa shape index (κ1) is 18.4. The number of hydrogen-bond acceptors (Lipinski definition) is 3. The van der Waals surface area contributed by atoms with Gasteiger partial charge in [0.2, 0.25) is 0 Å². The number of alkyl halides is 3. The minimum absolute atomic E-state index is 0.0604. The largest absolute Gasteiger partial charge is 0.433 e. The summed E-state index contributed by atoms with van der Waals surface area (Å²) in [7, 11) is 1.64. The maximum atomic E-state index is 12.6. The molecule has 2 heterocycles. The van der Waals surface area contributed by atoms with Crippen LogP contribution in [-0.4, -0.2) is 42.1 Å². The topological polar surface area (TPSA) is 42.4 Å². The van der Waals surface area contributed by atoms with Crippen LogP contribution in [-0.2, 0) is 10.9 Å². The van der Waals surface area contributed by atoms with E-state index >= 15 is 0 Å². The third-order valence-electron chi connectivity index (χ3n) is 4.52. The predicted octanol–water partition coefficient (Wildman–Crippen LogP) is 4.02. The monoisotopic (exact) mass is 364 g/mol. The van der Waals surface area contributed by atoms with Crippen molar-refractivity contribution < 1.29 is 22.7 Å². The Morgan fingerprint density at radius 2 is 1.85 bits per heavy atom. The van der Waals surface area contributed by atoms with Gasteiger partial charge in [-0.2, -0.15) is 13.2 Å². The maximum absolute atomic E-state index is 12.6. The molecule has 0 saturated carbocycles. The van der Waals surface area contributed by atoms with E-state index in [0.717, 1.165) is 18.9 Å². The summed E-state index contributed by atoms with van der Waals surface area (Å²) in [6.07, 6.45) is -1.36. The third-order valence-corrected chi connectivity index (χ3v) is 4.52. The van der Waals surface area contributed by atoms with Gasteiger partial charge in [-0.05, 0) is 36.6 Å². The number of methoxy groups -OCH3 is 1. The van der Waals surface area contributed by atoms with E-state index in [-0.39, 0.29) is 12.0 Å². The highest BCUT2D eigenvalue weighted by atomic mass is 19.4. The Morgan fingerprint density at radius 3 is 2.42 bits per heavy atom. The molecule has 4 nitrogen and oxygen atoms in total. The highest BCUT2D eigenvalue weighted by molar-refractivity contribution is 5.94. The summed E-state index contributed by atoms with van der Waals surface area (Å²) in [6.45, 7) is 1.27. The fraction of sp³-hybridized carbons (Fsp3) is 0.368. The molecule has 0 aliphatic carbocycles. The van der Waals surface area contributed by atoms with Gasteiger partial charge in [-0.25, -0.2) is 0 Å². The van der Waals surface area contributed by atoms with Gasteiger partial charge in [0.05, 0.1) is 6.10 Å². The Morgan fingerprint density at radius 1 is 1.15 bits per heavy atom. The Hall–Kier alpha value is -2.41. The minimum atomic E-state index is -4.46. The van der Waals surface area contributed by atoms with E-state index in [0.29, 0.717) is 29.8 Å². The Kier molecular flexibility index (Phi) is 5.27. The van der Waals surface area contributed by atoms with E-state index in [1.165, 1.54) is 12.3 Å². The van der Waals surface area contributed by atoms with Crippen molar-refractivity contribution in [2.45, 2.75) is 25.1 Å². The van der Waals surface area contributed by atoms with Crippen molar-refractivity contribution in [1.82, 2.24) is 9.88 Å². The molecule has 0 bridgehead atoms. The number of hydrogen-bond donors (Lipinski definition) is 0. The van der Waals surface area contributed by atoms with Crippen LogP contribution in [0.2, 0.25) is 0 Å². The molecule has 0 unspecified atom stereocenters. The van der Waals surface area contributed by atoms with Crippen LogP contribution in [0.3, 0.4) is 0 Å². The second-order valence-electron chi connectivity index (χ2n) is 6.26. The quantitative estimate of drug-likeness (QED) is 0.826. The second kappa shape index (κ2) is 7.45. The molecule has 3 rings (SSSR count). The normalized spacial score (nSPS) is 18.0. The molecule has 0 spiro atoms. The first-order valence-electron chi connectivity index (χ1n) is 8.34. The van der Waals surface area contributed by atoms with Gasteiger partial charge in [0.15, 0.2) is 0 Å². The number of nitrogens with zero attached hydrogens (tertiary/aromatic N) is 2. The van der Waals surface area contributed by atoms with Gasteiger partial charge in [0.25, 0.3) is 5.91 Å². The summed E-state index contributed by atoms with van der Waals surface area (Å²) >= 11 is 0. The molecule has 2 aromatic rings. The van der Waals surface area contributed by atoms with Crippen molar-refractivity contribution in [1.29, 1.82) is 0 Å². The lowest BCUT2D eigenvalue weighted by molar-refractivity contribution is -0.141. The van der Waals surface area contributed by atoms with Crippen LogP contribution in [0.1, 0.15) is 28.9 Å². The minimum Gasteiger partial charge on any atom is -0.380 e. The van der Waals surface area contributed by atoms with Crippen molar-refractivity contribution in [3.05, 3.63) is 53.9 Å². The third kappa shape index (κ3) is 4.04. The summed E-state index contributed by atoms with van der Waals surface area (Å²) in [6, 6.07) is 9.13. The van der Waals surface area contributed by atoms with Crippen molar-refractivity contribution in [3.63, 3.8) is 0 Å². The van der Waals surface area contributed by atoms with Gasteiger partial charge < -0.3 is 9.64 Å². The molecule has 1 aliphatic heterocycles. The van der Waals surface area contributed by atoms with Crippen molar-refractivity contribution in [2.24, 2.45) is 0 Å². The predicted molar refractivity (Wildman–Crippen MR) is 90.6 cm³/mol. The van der Waals surface area contributed by atoms with Crippen LogP contribution in [0.25, 0.3) is 11.1 Å². The number of carbonyl (C=O) groups excluding carboxylic acids is 1. The zero-order chi connectivity index (χ0) is 18.7. The molecule has 26 heavy (non-hydrogen) atoms. The lowest BCUT2D eigenvalue weighted by Gasteiger charge is -2.32. The van der Waals surface area contributed by atoms with Gasteiger partial charge in [0, 0.05) is 37.5 Å². The number of rotatable bonds is 3. The maximum Gasteiger partial charge on any atom is 0.433 e.